The lowest BCUT2D eigenvalue weighted by Crippen LogP contribution is -2.27. The van der Waals surface area contributed by atoms with E-state index in [1.807, 2.05) is 6.92 Å². The van der Waals surface area contributed by atoms with Gasteiger partial charge in [0.05, 0.1) is 13.0 Å². The molecular formula is C16H23NO2. The molecule has 0 radical (unpaired) electrons. The topological polar surface area (TPSA) is 52.3 Å². The van der Waals surface area contributed by atoms with Crippen LogP contribution in [0.4, 0.5) is 0 Å². The molecule has 2 rings (SSSR count). The molecule has 0 amide bonds. The molecule has 1 aromatic rings. The van der Waals surface area contributed by atoms with Crippen molar-refractivity contribution in [1.29, 1.82) is 0 Å². The minimum Gasteiger partial charge on any atom is -0.466 e. The first-order valence-electron chi connectivity index (χ1n) is 7.21. The summed E-state index contributed by atoms with van der Waals surface area (Å²) in [5, 5.41) is 0. The van der Waals surface area contributed by atoms with Gasteiger partial charge < -0.3 is 10.5 Å². The van der Waals surface area contributed by atoms with E-state index in [0.717, 1.165) is 6.42 Å². The molecule has 1 atom stereocenters. The quantitative estimate of drug-likeness (QED) is 0.828. The highest BCUT2D eigenvalue weighted by Crippen LogP contribution is 2.22. The Balaban J connectivity index is 1.93. The Morgan fingerprint density at radius 2 is 2.05 bits per heavy atom. The molecule has 0 aromatic heterocycles. The third-order valence-corrected chi connectivity index (χ3v) is 3.64. The van der Waals surface area contributed by atoms with Crippen LogP contribution in [0, 0.1) is 0 Å². The van der Waals surface area contributed by atoms with Gasteiger partial charge in [-0.25, -0.2) is 0 Å². The summed E-state index contributed by atoms with van der Waals surface area (Å²) in [6.45, 7) is 2.23. The molecule has 0 spiro atoms. The zero-order valence-electron chi connectivity index (χ0n) is 11.7. The fraction of sp³-hybridized carbons (Fsp3) is 0.562. The van der Waals surface area contributed by atoms with Gasteiger partial charge in [0.2, 0.25) is 0 Å². The molecule has 2 N–H and O–H groups in total. The molecule has 0 bridgehead atoms. The zero-order valence-corrected chi connectivity index (χ0v) is 11.7. The van der Waals surface area contributed by atoms with Gasteiger partial charge in [0.25, 0.3) is 0 Å². The smallest absolute Gasteiger partial charge is 0.307 e. The van der Waals surface area contributed by atoms with Crippen LogP contribution in [0.2, 0.25) is 0 Å². The summed E-state index contributed by atoms with van der Waals surface area (Å²) >= 11 is 0. The molecular weight excluding hydrogens is 238 g/mol. The highest BCUT2D eigenvalue weighted by Gasteiger charge is 2.13. The monoisotopic (exact) mass is 261 g/mol. The molecule has 0 fully saturated rings. The molecule has 1 aromatic carbocycles. The molecule has 0 saturated heterocycles. The Labute approximate surface area is 115 Å². The number of carbonyl (C=O) groups excluding carboxylic acids is 1. The van der Waals surface area contributed by atoms with E-state index in [0.29, 0.717) is 13.0 Å². The largest absolute Gasteiger partial charge is 0.466 e. The number of nitrogens with two attached hydrogens (primary N) is 1. The van der Waals surface area contributed by atoms with Crippen LogP contribution in [0.3, 0.4) is 0 Å². The van der Waals surface area contributed by atoms with Crippen LogP contribution < -0.4 is 5.73 Å². The summed E-state index contributed by atoms with van der Waals surface area (Å²) in [7, 11) is 0. The summed E-state index contributed by atoms with van der Waals surface area (Å²) in [6.07, 6.45) is 6.00. The van der Waals surface area contributed by atoms with Crippen molar-refractivity contribution in [2.75, 3.05) is 6.61 Å². The van der Waals surface area contributed by atoms with Crippen molar-refractivity contribution >= 4 is 5.97 Å². The highest BCUT2D eigenvalue weighted by molar-refractivity contribution is 5.70. The second-order valence-electron chi connectivity index (χ2n) is 5.28. The van der Waals surface area contributed by atoms with E-state index < -0.39 is 0 Å². The number of ether oxygens (including phenoxy) is 1. The van der Waals surface area contributed by atoms with Crippen LogP contribution >= 0.6 is 0 Å². The Kier molecular flexibility index (Phi) is 4.97. The van der Waals surface area contributed by atoms with Crippen molar-refractivity contribution in [3.05, 3.63) is 34.9 Å². The van der Waals surface area contributed by atoms with Gasteiger partial charge in [-0.3, -0.25) is 4.79 Å². The molecule has 1 aliphatic rings. The average molecular weight is 261 g/mol. The number of aryl methyl sites for hydroxylation is 2. The number of rotatable bonds is 5. The maximum absolute atomic E-state index is 11.4. The number of benzene rings is 1. The van der Waals surface area contributed by atoms with Crippen molar-refractivity contribution < 1.29 is 9.53 Å². The summed E-state index contributed by atoms with van der Waals surface area (Å²) in [4.78, 5) is 11.4. The molecule has 0 saturated carbocycles. The van der Waals surface area contributed by atoms with Gasteiger partial charge in [-0.1, -0.05) is 18.2 Å². The Morgan fingerprint density at radius 1 is 1.32 bits per heavy atom. The second-order valence-corrected chi connectivity index (χ2v) is 5.28. The van der Waals surface area contributed by atoms with E-state index in [2.05, 4.69) is 18.2 Å². The van der Waals surface area contributed by atoms with E-state index in [9.17, 15) is 4.79 Å². The minimum absolute atomic E-state index is 0.152. The van der Waals surface area contributed by atoms with E-state index in [1.54, 1.807) is 0 Å². The van der Waals surface area contributed by atoms with E-state index in [1.165, 1.54) is 42.4 Å². The standard InChI is InChI=1S/C16H23NO2/c1-2-19-16(18)11-15(17)10-12-7-8-13-5-3-4-6-14(13)9-12/h7-9,15H,2-6,10-11,17H2,1H3. The number of carbonyl (C=O) groups is 1. The first kappa shape index (κ1) is 14.1. The summed E-state index contributed by atoms with van der Waals surface area (Å²) in [5.41, 5.74) is 10.2. The van der Waals surface area contributed by atoms with Crippen molar-refractivity contribution in [3.8, 4) is 0 Å². The number of esters is 1. The van der Waals surface area contributed by atoms with Crippen LogP contribution in [-0.4, -0.2) is 18.6 Å². The van der Waals surface area contributed by atoms with Crippen molar-refractivity contribution in [2.24, 2.45) is 5.73 Å². The van der Waals surface area contributed by atoms with Crippen molar-refractivity contribution in [1.82, 2.24) is 0 Å². The number of fused-ring (bicyclic) bond motifs is 1. The van der Waals surface area contributed by atoms with E-state index in [4.69, 9.17) is 10.5 Å². The summed E-state index contributed by atoms with van der Waals surface area (Å²) in [6, 6.07) is 6.48. The predicted octanol–water partition coefficient (Wildman–Crippen LogP) is 2.39. The molecule has 104 valence electrons. The van der Waals surface area contributed by atoms with Gasteiger partial charge in [0.15, 0.2) is 0 Å². The van der Waals surface area contributed by atoms with Gasteiger partial charge >= 0.3 is 5.97 Å². The molecule has 3 heteroatoms. The van der Waals surface area contributed by atoms with Gasteiger partial charge in [-0.15, -0.1) is 0 Å². The first-order chi connectivity index (χ1) is 9.19. The maximum Gasteiger partial charge on any atom is 0.307 e. The SMILES string of the molecule is CCOC(=O)CC(N)Cc1ccc2c(c1)CCCC2. The van der Waals surface area contributed by atoms with Gasteiger partial charge in [0, 0.05) is 6.04 Å². The van der Waals surface area contributed by atoms with Gasteiger partial charge in [0.1, 0.15) is 0 Å². The lowest BCUT2D eigenvalue weighted by molar-refractivity contribution is -0.143. The third-order valence-electron chi connectivity index (χ3n) is 3.64. The molecule has 1 aliphatic carbocycles. The first-order valence-corrected chi connectivity index (χ1v) is 7.21. The number of hydrogen-bond donors (Lipinski definition) is 1. The van der Waals surface area contributed by atoms with E-state index in [-0.39, 0.29) is 12.0 Å². The summed E-state index contributed by atoms with van der Waals surface area (Å²) in [5.74, 6) is -0.201. The minimum atomic E-state index is -0.201. The molecule has 0 aliphatic heterocycles. The zero-order chi connectivity index (χ0) is 13.7. The Hall–Kier alpha value is -1.35. The van der Waals surface area contributed by atoms with Gasteiger partial charge in [-0.05, 0) is 55.7 Å². The Bertz CT molecular complexity index is 442. The maximum atomic E-state index is 11.4. The van der Waals surface area contributed by atoms with Crippen LogP contribution in [0.25, 0.3) is 0 Å². The van der Waals surface area contributed by atoms with Crippen LogP contribution in [-0.2, 0) is 28.8 Å². The van der Waals surface area contributed by atoms with Crippen LogP contribution in [0.15, 0.2) is 18.2 Å². The summed E-state index contributed by atoms with van der Waals surface area (Å²) < 4.78 is 4.92. The number of hydrogen-bond acceptors (Lipinski definition) is 3. The van der Waals surface area contributed by atoms with Crippen LogP contribution in [0.5, 0.6) is 0 Å². The molecule has 1 unspecified atom stereocenters. The average Bonchev–Trinajstić information content (AvgIpc) is 2.38. The fourth-order valence-corrected chi connectivity index (χ4v) is 2.72. The molecule has 3 nitrogen and oxygen atoms in total. The molecule has 0 heterocycles. The third kappa shape index (κ3) is 4.06. The second kappa shape index (κ2) is 6.71. The highest BCUT2D eigenvalue weighted by atomic mass is 16.5. The van der Waals surface area contributed by atoms with Crippen LogP contribution in [0.1, 0.15) is 42.9 Å². The Morgan fingerprint density at radius 3 is 2.79 bits per heavy atom. The predicted molar refractivity (Wildman–Crippen MR) is 76.0 cm³/mol. The molecule has 19 heavy (non-hydrogen) atoms. The lowest BCUT2D eigenvalue weighted by atomic mass is 9.89. The normalized spacial score (nSPS) is 15.7. The fourth-order valence-electron chi connectivity index (χ4n) is 2.72. The van der Waals surface area contributed by atoms with E-state index >= 15 is 0 Å². The van der Waals surface area contributed by atoms with Crippen molar-refractivity contribution in [3.63, 3.8) is 0 Å². The lowest BCUT2D eigenvalue weighted by Gasteiger charge is -2.18. The van der Waals surface area contributed by atoms with Crippen molar-refractivity contribution in [2.45, 2.75) is 51.5 Å². The van der Waals surface area contributed by atoms with Gasteiger partial charge in [-0.2, -0.15) is 0 Å².